The summed E-state index contributed by atoms with van der Waals surface area (Å²) in [6, 6.07) is 4.78. The van der Waals surface area contributed by atoms with Gasteiger partial charge in [-0.3, -0.25) is 0 Å². The largest absolute Gasteiger partial charge is 0.464 e. The minimum atomic E-state index is 0.441. The predicted molar refractivity (Wildman–Crippen MR) is 68.1 cm³/mol. The van der Waals surface area contributed by atoms with Gasteiger partial charge in [-0.2, -0.15) is 0 Å². The van der Waals surface area contributed by atoms with E-state index in [1.807, 2.05) is 12.1 Å². The number of anilines is 1. The first-order valence-electron chi connectivity index (χ1n) is 6.17. The number of furan rings is 1. The highest BCUT2D eigenvalue weighted by atomic mass is 16.3. The molecule has 2 N–H and O–H groups in total. The van der Waals surface area contributed by atoms with Gasteiger partial charge in [-0.25, -0.2) is 4.98 Å². The lowest BCUT2D eigenvalue weighted by molar-refractivity contribution is 0.389. The van der Waals surface area contributed by atoms with Crippen molar-refractivity contribution in [3.63, 3.8) is 0 Å². The molecule has 4 nitrogen and oxygen atoms in total. The van der Waals surface area contributed by atoms with Gasteiger partial charge in [0.05, 0.1) is 11.6 Å². The third-order valence-corrected chi connectivity index (χ3v) is 3.46. The van der Waals surface area contributed by atoms with Crippen LogP contribution in [0.4, 0.5) is 5.82 Å². The molecule has 3 heterocycles. The summed E-state index contributed by atoms with van der Waals surface area (Å²) >= 11 is 0. The Bertz CT molecular complexity index is 508. The van der Waals surface area contributed by atoms with Crippen LogP contribution in [0.15, 0.2) is 29.0 Å². The van der Waals surface area contributed by atoms with E-state index in [2.05, 4.69) is 22.5 Å². The average Bonchev–Trinajstić information content (AvgIpc) is 2.81. The van der Waals surface area contributed by atoms with Crippen LogP contribution in [0.25, 0.3) is 11.0 Å². The van der Waals surface area contributed by atoms with Crippen molar-refractivity contribution in [3.05, 3.63) is 24.6 Å². The number of rotatable bonds is 2. The number of piperidine rings is 1. The summed E-state index contributed by atoms with van der Waals surface area (Å²) < 4.78 is 5.38. The number of hydrogen-bond acceptors (Lipinski definition) is 4. The van der Waals surface area contributed by atoms with E-state index >= 15 is 0 Å². The van der Waals surface area contributed by atoms with Gasteiger partial charge in [-0.1, -0.05) is 0 Å². The molecule has 1 fully saturated rings. The molecular weight excluding hydrogens is 214 g/mol. The number of fused-ring (bicyclic) bond motifs is 1. The fraction of sp³-hybridized carbons (Fsp3) is 0.462. The molecule has 0 bridgehead atoms. The summed E-state index contributed by atoms with van der Waals surface area (Å²) in [6.45, 7) is 3.33. The first kappa shape index (κ1) is 10.6. The van der Waals surface area contributed by atoms with Crippen LogP contribution in [0.3, 0.4) is 0 Å². The van der Waals surface area contributed by atoms with Crippen molar-refractivity contribution in [2.24, 2.45) is 0 Å². The van der Waals surface area contributed by atoms with Crippen LogP contribution in [0.1, 0.15) is 19.8 Å². The first-order chi connectivity index (χ1) is 8.34. The minimum absolute atomic E-state index is 0.441. The van der Waals surface area contributed by atoms with E-state index in [9.17, 15) is 0 Å². The second kappa shape index (κ2) is 4.37. The van der Waals surface area contributed by atoms with Crippen LogP contribution in [-0.4, -0.2) is 23.6 Å². The molecule has 4 heteroatoms. The van der Waals surface area contributed by atoms with E-state index in [4.69, 9.17) is 4.42 Å². The average molecular weight is 231 g/mol. The molecule has 0 amide bonds. The Morgan fingerprint density at radius 2 is 2.41 bits per heavy atom. The van der Waals surface area contributed by atoms with E-state index in [1.165, 1.54) is 12.8 Å². The third kappa shape index (κ3) is 2.00. The molecule has 2 atom stereocenters. The maximum atomic E-state index is 5.38. The van der Waals surface area contributed by atoms with E-state index in [1.54, 1.807) is 12.5 Å². The zero-order chi connectivity index (χ0) is 11.7. The molecular formula is C13H17N3O. The Labute approximate surface area is 100 Å². The molecule has 0 aliphatic carbocycles. The smallest absolute Gasteiger partial charge is 0.139 e. The first-order valence-corrected chi connectivity index (χ1v) is 6.17. The van der Waals surface area contributed by atoms with Gasteiger partial charge in [0.2, 0.25) is 0 Å². The molecule has 3 rings (SSSR count). The van der Waals surface area contributed by atoms with Gasteiger partial charge in [-0.15, -0.1) is 0 Å². The van der Waals surface area contributed by atoms with Crippen molar-refractivity contribution >= 4 is 16.8 Å². The van der Waals surface area contributed by atoms with Crippen LogP contribution in [0, 0.1) is 0 Å². The van der Waals surface area contributed by atoms with Crippen LogP contribution < -0.4 is 10.6 Å². The van der Waals surface area contributed by atoms with E-state index < -0.39 is 0 Å². The van der Waals surface area contributed by atoms with Gasteiger partial charge < -0.3 is 15.1 Å². The standard InChI is InChI=1S/C13H17N3O/c1-9-11(3-2-6-14-9)16-13-10-5-8-17-12(10)4-7-15-13/h4-5,7-9,11,14H,2-3,6H2,1H3,(H,15,16). The fourth-order valence-electron chi connectivity index (χ4n) is 2.43. The molecule has 1 saturated heterocycles. The van der Waals surface area contributed by atoms with Gasteiger partial charge in [-0.05, 0) is 38.4 Å². The molecule has 0 radical (unpaired) electrons. The summed E-state index contributed by atoms with van der Waals surface area (Å²) in [5, 5.41) is 8.07. The van der Waals surface area contributed by atoms with Crippen molar-refractivity contribution < 1.29 is 4.42 Å². The van der Waals surface area contributed by atoms with Crippen molar-refractivity contribution in [2.45, 2.75) is 31.8 Å². The quantitative estimate of drug-likeness (QED) is 0.833. The van der Waals surface area contributed by atoms with E-state index in [0.29, 0.717) is 12.1 Å². The summed E-state index contributed by atoms with van der Waals surface area (Å²) in [5.41, 5.74) is 0.888. The highest BCUT2D eigenvalue weighted by molar-refractivity contribution is 5.87. The zero-order valence-corrected chi connectivity index (χ0v) is 9.94. The Hall–Kier alpha value is -1.55. The molecule has 0 aromatic carbocycles. The van der Waals surface area contributed by atoms with Crippen LogP contribution in [-0.2, 0) is 0 Å². The van der Waals surface area contributed by atoms with Gasteiger partial charge in [0.25, 0.3) is 0 Å². The highest BCUT2D eigenvalue weighted by Crippen LogP contribution is 2.24. The summed E-state index contributed by atoms with van der Waals surface area (Å²) in [7, 11) is 0. The van der Waals surface area contributed by atoms with Crippen molar-refractivity contribution in [3.8, 4) is 0 Å². The fourth-order valence-corrected chi connectivity index (χ4v) is 2.43. The van der Waals surface area contributed by atoms with Gasteiger partial charge >= 0.3 is 0 Å². The monoisotopic (exact) mass is 231 g/mol. The summed E-state index contributed by atoms with van der Waals surface area (Å²) in [5.74, 6) is 0.928. The van der Waals surface area contributed by atoms with Crippen molar-refractivity contribution in [1.82, 2.24) is 10.3 Å². The molecule has 2 unspecified atom stereocenters. The van der Waals surface area contributed by atoms with Crippen LogP contribution in [0.5, 0.6) is 0 Å². The molecule has 17 heavy (non-hydrogen) atoms. The number of nitrogens with one attached hydrogen (secondary N) is 2. The zero-order valence-electron chi connectivity index (χ0n) is 9.94. The number of pyridine rings is 1. The van der Waals surface area contributed by atoms with Gasteiger partial charge in [0, 0.05) is 18.3 Å². The second-order valence-electron chi connectivity index (χ2n) is 4.63. The topological polar surface area (TPSA) is 50.1 Å². The van der Waals surface area contributed by atoms with Gasteiger partial charge in [0.1, 0.15) is 11.4 Å². The Morgan fingerprint density at radius 3 is 3.29 bits per heavy atom. The molecule has 2 aromatic heterocycles. The molecule has 1 aliphatic heterocycles. The molecule has 2 aromatic rings. The predicted octanol–water partition coefficient (Wildman–Crippen LogP) is 2.38. The maximum absolute atomic E-state index is 5.38. The van der Waals surface area contributed by atoms with Gasteiger partial charge in [0.15, 0.2) is 0 Å². The van der Waals surface area contributed by atoms with Crippen molar-refractivity contribution in [1.29, 1.82) is 0 Å². The number of hydrogen-bond donors (Lipinski definition) is 2. The highest BCUT2D eigenvalue weighted by Gasteiger charge is 2.21. The van der Waals surface area contributed by atoms with Crippen LogP contribution in [0.2, 0.25) is 0 Å². The lowest BCUT2D eigenvalue weighted by atomic mass is 10.00. The second-order valence-corrected chi connectivity index (χ2v) is 4.63. The third-order valence-electron chi connectivity index (χ3n) is 3.46. The summed E-state index contributed by atoms with van der Waals surface area (Å²) in [4.78, 5) is 4.41. The minimum Gasteiger partial charge on any atom is -0.464 e. The lowest BCUT2D eigenvalue weighted by Crippen LogP contribution is -2.46. The maximum Gasteiger partial charge on any atom is 0.139 e. The number of aromatic nitrogens is 1. The normalized spacial score (nSPS) is 25.0. The molecule has 1 aliphatic rings. The SMILES string of the molecule is CC1NCCCC1Nc1nccc2occc12. The molecule has 0 spiro atoms. The van der Waals surface area contributed by atoms with E-state index in [0.717, 1.165) is 23.3 Å². The Kier molecular flexibility index (Phi) is 2.73. The van der Waals surface area contributed by atoms with Crippen LogP contribution >= 0.6 is 0 Å². The Balaban J connectivity index is 1.86. The summed E-state index contributed by atoms with van der Waals surface area (Å²) in [6.07, 6.45) is 5.89. The van der Waals surface area contributed by atoms with Crippen molar-refractivity contribution in [2.75, 3.05) is 11.9 Å². The Morgan fingerprint density at radius 1 is 1.47 bits per heavy atom. The lowest BCUT2D eigenvalue weighted by Gasteiger charge is -2.31. The van der Waals surface area contributed by atoms with E-state index in [-0.39, 0.29) is 0 Å². The molecule has 0 saturated carbocycles. The number of nitrogens with zero attached hydrogens (tertiary/aromatic N) is 1. The molecule has 90 valence electrons.